The Hall–Kier alpha value is -5.14. The fourth-order valence-electron chi connectivity index (χ4n) is 8.01. The van der Waals surface area contributed by atoms with Crippen LogP contribution in [0.15, 0.2) is 170 Å². The molecule has 1 heterocycles. The summed E-state index contributed by atoms with van der Waals surface area (Å²) in [6.45, 7) is 11.5. The minimum atomic E-state index is -0.260. The number of rotatable bonds is 8. The van der Waals surface area contributed by atoms with Crippen LogP contribution in [0.3, 0.4) is 0 Å². The first-order chi connectivity index (χ1) is 22.8. The van der Waals surface area contributed by atoms with Gasteiger partial charge in [0.05, 0.1) is 5.69 Å². The third-order valence-corrected chi connectivity index (χ3v) is 10.4. The van der Waals surface area contributed by atoms with Crippen LogP contribution >= 0.6 is 0 Å². The lowest BCUT2D eigenvalue weighted by Gasteiger charge is -2.34. The largest absolute Gasteiger partial charge is 0.347 e. The fraction of sp³-hybridized carbons (Fsp3) is 0.174. The number of fused-ring (bicyclic) bond motifs is 4. The number of anilines is 1. The van der Waals surface area contributed by atoms with E-state index in [9.17, 15) is 0 Å². The standard InChI is InChI=1S/C46H43N/c1-33-27-28-37-22-12-14-24-39(37)43(33)45(3,4)34(2)17-16-26-42-46(31-35-18-8-6-9-19-35,32-36-20-10-7-11-21-36)41-30-29-38-23-13-15-25-40(38)44(41)47(42)5/h6-30H,2,31-32H2,1,3-5H3/b17-16+,42-26+. The normalized spacial score (nSPS) is 15.1. The Morgan fingerprint density at radius 1 is 0.681 bits per heavy atom. The number of aryl methyl sites for hydroxylation is 1. The van der Waals surface area contributed by atoms with Crippen molar-refractivity contribution in [3.05, 3.63) is 197 Å². The molecule has 0 aliphatic carbocycles. The zero-order valence-corrected chi connectivity index (χ0v) is 28.0. The summed E-state index contributed by atoms with van der Waals surface area (Å²) in [6.07, 6.45) is 8.64. The molecule has 0 saturated heterocycles. The van der Waals surface area contributed by atoms with E-state index in [1.165, 1.54) is 60.7 Å². The Morgan fingerprint density at radius 2 is 1.21 bits per heavy atom. The van der Waals surface area contributed by atoms with E-state index >= 15 is 0 Å². The number of likely N-dealkylation sites (N-methyl/N-ethyl adjacent to an activating group) is 1. The maximum Gasteiger partial charge on any atom is 0.0528 e. The average Bonchev–Trinajstić information content (AvgIpc) is 3.31. The van der Waals surface area contributed by atoms with Gasteiger partial charge in [0.1, 0.15) is 0 Å². The second kappa shape index (κ2) is 12.2. The van der Waals surface area contributed by atoms with Crippen molar-refractivity contribution in [2.75, 3.05) is 11.9 Å². The van der Waals surface area contributed by atoms with Crippen molar-refractivity contribution in [1.82, 2.24) is 0 Å². The van der Waals surface area contributed by atoms with Crippen molar-refractivity contribution in [2.45, 2.75) is 44.4 Å². The number of benzene rings is 6. The van der Waals surface area contributed by atoms with Crippen LogP contribution in [0.5, 0.6) is 0 Å². The van der Waals surface area contributed by atoms with Crippen molar-refractivity contribution in [2.24, 2.45) is 0 Å². The summed E-state index contributed by atoms with van der Waals surface area (Å²) >= 11 is 0. The van der Waals surface area contributed by atoms with Crippen molar-refractivity contribution in [1.29, 1.82) is 0 Å². The third-order valence-electron chi connectivity index (χ3n) is 10.4. The van der Waals surface area contributed by atoms with Crippen LogP contribution in [-0.2, 0) is 23.7 Å². The number of hydrogen-bond donors (Lipinski definition) is 0. The van der Waals surface area contributed by atoms with E-state index < -0.39 is 0 Å². The molecule has 0 atom stereocenters. The van der Waals surface area contributed by atoms with E-state index in [0.29, 0.717) is 0 Å². The minimum Gasteiger partial charge on any atom is -0.347 e. The van der Waals surface area contributed by atoms with Crippen LogP contribution in [0.1, 0.15) is 41.7 Å². The second-order valence-corrected chi connectivity index (χ2v) is 13.7. The van der Waals surface area contributed by atoms with Crippen LogP contribution in [0, 0.1) is 6.92 Å². The lowest BCUT2D eigenvalue weighted by molar-refractivity contribution is 0.507. The van der Waals surface area contributed by atoms with Crippen LogP contribution in [0.2, 0.25) is 0 Å². The summed E-state index contributed by atoms with van der Waals surface area (Å²) in [5, 5.41) is 5.13. The van der Waals surface area contributed by atoms with Gasteiger partial charge >= 0.3 is 0 Å². The summed E-state index contributed by atoms with van der Waals surface area (Å²) in [5.74, 6) is 0. The van der Waals surface area contributed by atoms with Gasteiger partial charge in [-0.25, -0.2) is 0 Å². The molecule has 1 aliphatic heterocycles. The minimum absolute atomic E-state index is 0.244. The lowest BCUT2D eigenvalue weighted by atomic mass is 9.70. The summed E-state index contributed by atoms with van der Waals surface area (Å²) in [4.78, 5) is 2.46. The van der Waals surface area contributed by atoms with Crippen molar-refractivity contribution in [3.63, 3.8) is 0 Å². The molecule has 1 aliphatic rings. The average molecular weight is 610 g/mol. The fourth-order valence-corrected chi connectivity index (χ4v) is 8.01. The predicted octanol–water partition coefficient (Wildman–Crippen LogP) is 11.4. The van der Waals surface area contributed by atoms with Crippen molar-refractivity contribution in [3.8, 4) is 0 Å². The van der Waals surface area contributed by atoms with Crippen LogP contribution in [-0.4, -0.2) is 7.05 Å². The molecule has 0 radical (unpaired) electrons. The molecule has 0 aromatic heterocycles. The molecule has 0 unspecified atom stereocenters. The SMILES string of the molecule is C=C(/C=C/C=C1/N(C)c2c(ccc3ccccc23)C1(Cc1ccccc1)Cc1ccccc1)C(C)(C)c1c(C)ccc2ccccc12. The van der Waals surface area contributed by atoms with Gasteiger partial charge in [0.15, 0.2) is 0 Å². The monoisotopic (exact) mass is 609 g/mol. The predicted molar refractivity (Wildman–Crippen MR) is 202 cm³/mol. The molecule has 0 spiro atoms. The Labute approximate surface area is 280 Å². The van der Waals surface area contributed by atoms with Gasteiger partial charge in [-0.15, -0.1) is 0 Å². The molecule has 6 aromatic rings. The zero-order valence-electron chi connectivity index (χ0n) is 28.0. The molecular formula is C46H43N. The summed E-state index contributed by atoms with van der Waals surface area (Å²) in [7, 11) is 2.25. The van der Waals surface area contributed by atoms with Crippen molar-refractivity contribution >= 4 is 27.2 Å². The number of allylic oxidation sites excluding steroid dienone is 5. The molecule has 0 bridgehead atoms. The van der Waals surface area contributed by atoms with Crippen LogP contribution < -0.4 is 4.90 Å². The highest BCUT2D eigenvalue weighted by Crippen LogP contribution is 2.53. The smallest absolute Gasteiger partial charge is 0.0528 e. The topological polar surface area (TPSA) is 3.24 Å². The molecule has 1 heteroatoms. The Bertz CT molecular complexity index is 2110. The van der Waals surface area contributed by atoms with E-state index in [2.05, 4.69) is 191 Å². The maximum absolute atomic E-state index is 4.66. The van der Waals surface area contributed by atoms with E-state index in [-0.39, 0.29) is 10.8 Å². The molecule has 6 aromatic carbocycles. The first-order valence-electron chi connectivity index (χ1n) is 16.7. The Kier molecular flexibility index (Phi) is 7.94. The molecular weight excluding hydrogens is 567 g/mol. The molecule has 0 amide bonds. The molecule has 7 rings (SSSR count). The van der Waals surface area contributed by atoms with Gasteiger partial charge in [-0.2, -0.15) is 0 Å². The first-order valence-corrected chi connectivity index (χ1v) is 16.7. The molecule has 47 heavy (non-hydrogen) atoms. The van der Waals surface area contributed by atoms with Crippen LogP contribution in [0.4, 0.5) is 5.69 Å². The summed E-state index contributed by atoms with van der Waals surface area (Å²) in [5.41, 5.74) is 9.90. The van der Waals surface area contributed by atoms with Gasteiger partial charge < -0.3 is 4.90 Å². The number of nitrogens with zero attached hydrogens (tertiary/aromatic N) is 1. The summed E-state index contributed by atoms with van der Waals surface area (Å²) < 4.78 is 0. The van der Waals surface area contributed by atoms with E-state index in [1.807, 2.05) is 0 Å². The summed E-state index contributed by atoms with van der Waals surface area (Å²) in [6, 6.07) is 48.6. The van der Waals surface area contributed by atoms with Gasteiger partial charge in [-0.1, -0.05) is 166 Å². The highest BCUT2D eigenvalue weighted by Gasteiger charge is 2.46. The third kappa shape index (κ3) is 5.40. The number of hydrogen-bond acceptors (Lipinski definition) is 1. The van der Waals surface area contributed by atoms with Gasteiger partial charge in [-0.05, 0) is 75.4 Å². The van der Waals surface area contributed by atoms with Gasteiger partial charge in [-0.3, -0.25) is 0 Å². The van der Waals surface area contributed by atoms with E-state index in [0.717, 1.165) is 18.4 Å². The lowest BCUT2D eigenvalue weighted by Crippen LogP contribution is -2.34. The first kappa shape index (κ1) is 30.5. The van der Waals surface area contributed by atoms with Gasteiger partial charge in [0.2, 0.25) is 0 Å². The quantitative estimate of drug-likeness (QED) is 0.155. The molecule has 232 valence electrons. The molecule has 0 fully saturated rings. The van der Waals surface area contributed by atoms with Crippen LogP contribution in [0.25, 0.3) is 21.5 Å². The molecule has 0 N–H and O–H groups in total. The van der Waals surface area contributed by atoms with E-state index in [4.69, 9.17) is 0 Å². The van der Waals surface area contributed by atoms with Gasteiger partial charge in [0.25, 0.3) is 0 Å². The van der Waals surface area contributed by atoms with E-state index in [1.54, 1.807) is 0 Å². The Balaban J connectivity index is 1.37. The Morgan fingerprint density at radius 3 is 1.85 bits per heavy atom. The second-order valence-electron chi connectivity index (χ2n) is 13.7. The maximum atomic E-state index is 4.66. The van der Waals surface area contributed by atoms with Gasteiger partial charge in [0, 0.05) is 29.0 Å². The molecule has 1 nitrogen and oxygen atoms in total. The molecule has 0 saturated carbocycles. The zero-order chi connectivity index (χ0) is 32.6. The highest BCUT2D eigenvalue weighted by atomic mass is 15.2. The van der Waals surface area contributed by atoms with Crippen molar-refractivity contribution < 1.29 is 0 Å². The highest BCUT2D eigenvalue weighted by molar-refractivity contribution is 5.99.